The molecule has 176 valence electrons. The van der Waals surface area contributed by atoms with Gasteiger partial charge in [-0.15, -0.1) is 0 Å². The maximum absolute atomic E-state index is 14.5. The third-order valence-corrected chi connectivity index (χ3v) is 8.72. The molecule has 0 aliphatic heterocycles. The fraction of sp³-hybridized carbons (Fsp3) is 0.444. The summed E-state index contributed by atoms with van der Waals surface area (Å²) in [5.74, 6) is 1.12. The van der Waals surface area contributed by atoms with Crippen molar-refractivity contribution in [2.45, 2.75) is 62.7 Å². The molecule has 2 heterocycles. The molecule has 0 spiro atoms. The Hall–Kier alpha value is -3.09. The van der Waals surface area contributed by atoms with Crippen molar-refractivity contribution in [1.82, 2.24) is 15.2 Å². The summed E-state index contributed by atoms with van der Waals surface area (Å²) in [5.41, 5.74) is 4.51. The minimum absolute atomic E-state index is 0.0164. The Morgan fingerprint density at radius 1 is 1.18 bits per heavy atom. The van der Waals surface area contributed by atoms with Crippen molar-refractivity contribution in [1.29, 1.82) is 0 Å². The van der Waals surface area contributed by atoms with Crippen LogP contribution in [0.15, 0.2) is 42.7 Å². The van der Waals surface area contributed by atoms with Crippen molar-refractivity contribution < 1.29 is 13.6 Å². The van der Waals surface area contributed by atoms with Gasteiger partial charge in [0.15, 0.2) is 0 Å². The molecule has 1 amide bonds. The highest BCUT2D eigenvalue weighted by atomic mass is 19.1. The highest BCUT2D eigenvalue weighted by Gasteiger charge is 2.57. The minimum atomic E-state index is -0.434. The van der Waals surface area contributed by atoms with Gasteiger partial charge in [-0.25, -0.2) is 13.8 Å². The summed E-state index contributed by atoms with van der Waals surface area (Å²) < 4.78 is 27.7. The van der Waals surface area contributed by atoms with E-state index in [1.165, 1.54) is 29.0 Å². The number of pyridine rings is 1. The van der Waals surface area contributed by atoms with Crippen LogP contribution in [-0.4, -0.2) is 21.1 Å². The lowest BCUT2D eigenvalue weighted by Gasteiger charge is -2.50. The second-order valence-corrected chi connectivity index (χ2v) is 10.4. The number of aromatic amines is 1. The number of aromatic nitrogens is 3. The maximum atomic E-state index is 14.5. The number of fused-ring (bicyclic) bond motifs is 7. The van der Waals surface area contributed by atoms with E-state index >= 15 is 0 Å². The number of amides is 1. The standard InChI is InChI=1S/C27H28F2N4O/c1-27-12-11-17-16-3-2-4-22(29)18(16)6-7-19(17)25(27)20(21-14-31-33-26(21)27)8-10-24(34)32-23-9-5-15(28)13-30-23/h2-5,9,13-14,17,19-20,25H,6-8,10-12H2,1H3,(H,31,33)(H,30,32,34)/t17?,19?,20-,25?,27+/m1/s1. The van der Waals surface area contributed by atoms with Gasteiger partial charge < -0.3 is 5.32 Å². The molecular formula is C27H28F2N4O. The van der Waals surface area contributed by atoms with Gasteiger partial charge in [0.25, 0.3) is 0 Å². The normalized spacial score (nSPS) is 29.0. The van der Waals surface area contributed by atoms with E-state index in [1.54, 1.807) is 6.07 Å². The first-order valence-corrected chi connectivity index (χ1v) is 12.2. The topological polar surface area (TPSA) is 70.7 Å². The van der Waals surface area contributed by atoms with E-state index in [-0.39, 0.29) is 23.1 Å². The molecule has 34 heavy (non-hydrogen) atoms. The molecule has 3 aromatic rings. The number of nitrogens with one attached hydrogen (secondary N) is 2. The van der Waals surface area contributed by atoms with Gasteiger partial charge in [-0.1, -0.05) is 19.1 Å². The number of benzene rings is 1. The Labute approximate surface area is 197 Å². The molecule has 0 bridgehead atoms. The van der Waals surface area contributed by atoms with E-state index in [9.17, 15) is 13.6 Å². The van der Waals surface area contributed by atoms with Gasteiger partial charge in [0.2, 0.25) is 5.91 Å². The van der Waals surface area contributed by atoms with Crippen molar-refractivity contribution in [3.8, 4) is 0 Å². The third-order valence-electron chi connectivity index (χ3n) is 8.72. The number of carbonyl (C=O) groups is 1. The van der Waals surface area contributed by atoms with Gasteiger partial charge in [0.05, 0.1) is 12.4 Å². The summed E-state index contributed by atoms with van der Waals surface area (Å²) in [6, 6.07) is 8.30. The number of H-pyrrole nitrogens is 1. The van der Waals surface area contributed by atoms with Crippen molar-refractivity contribution >= 4 is 11.7 Å². The van der Waals surface area contributed by atoms with Crippen LogP contribution >= 0.6 is 0 Å². The molecule has 1 fully saturated rings. The second-order valence-electron chi connectivity index (χ2n) is 10.4. The molecule has 0 radical (unpaired) electrons. The van der Waals surface area contributed by atoms with Gasteiger partial charge in [0, 0.05) is 17.5 Å². The number of hydrogen-bond acceptors (Lipinski definition) is 3. The number of halogens is 2. The first kappa shape index (κ1) is 21.4. The van der Waals surface area contributed by atoms with Crippen LogP contribution in [0.5, 0.6) is 0 Å². The number of nitrogens with zero attached hydrogens (tertiary/aromatic N) is 2. The molecule has 1 aromatic carbocycles. The smallest absolute Gasteiger partial charge is 0.225 e. The Bertz CT molecular complexity index is 1240. The molecule has 6 rings (SSSR count). The Balaban J connectivity index is 1.26. The van der Waals surface area contributed by atoms with E-state index in [0.29, 0.717) is 36.4 Å². The fourth-order valence-corrected chi connectivity index (χ4v) is 7.36. The third kappa shape index (κ3) is 3.28. The van der Waals surface area contributed by atoms with E-state index in [1.807, 2.05) is 12.3 Å². The van der Waals surface area contributed by atoms with Crippen molar-refractivity contribution in [3.63, 3.8) is 0 Å². The average Bonchev–Trinajstić information content (AvgIpc) is 3.40. The summed E-state index contributed by atoms with van der Waals surface area (Å²) in [5, 5.41) is 10.4. The highest BCUT2D eigenvalue weighted by Crippen LogP contribution is 2.64. The molecular weight excluding hydrogens is 434 g/mol. The first-order chi connectivity index (χ1) is 16.5. The molecule has 5 atom stereocenters. The second kappa shape index (κ2) is 8.00. The van der Waals surface area contributed by atoms with Crippen molar-refractivity contribution in [2.75, 3.05) is 5.32 Å². The predicted molar refractivity (Wildman–Crippen MR) is 124 cm³/mol. The van der Waals surface area contributed by atoms with E-state index in [4.69, 9.17) is 0 Å². The Morgan fingerprint density at radius 2 is 2.06 bits per heavy atom. The molecule has 2 aromatic heterocycles. The molecule has 5 nitrogen and oxygen atoms in total. The molecule has 3 unspecified atom stereocenters. The summed E-state index contributed by atoms with van der Waals surface area (Å²) >= 11 is 0. The number of rotatable bonds is 4. The molecule has 0 saturated heterocycles. The largest absolute Gasteiger partial charge is 0.311 e. The van der Waals surface area contributed by atoms with Crippen LogP contribution in [0, 0.1) is 23.5 Å². The lowest BCUT2D eigenvalue weighted by Crippen LogP contribution is -2.44. The lowest BCUT2D eigenvalue weighted by atomic mass is 9.53. The molecule has 3 aliphatic rings. The Kier molecular flexibility index (Phi) is 5.04. The van der Waals surface area contributed by atoms with E-state index in [0.717, 1.165) is 37.4 Å². The SMILES string of the molecule is C[C@]12CCC3c4cccc(F)c4CCC3C1[C@H](CCC(=O)Nc1ccc(F)cn1)c1cn[nH]c12. The number of anilines is 1. The maximum Gasteiger partial charge on any atom is 0.225 e. The van der Waals surface area contributed by atoms with Gasteiger partial charge in [0.1, 0.15) is 17.5 Å². The van der Waals surface area contributed by atoms with Crippen LogP contribution in [0.2, 0.25) is 0 Å². The number of hydrogen-bond donors (Lipinski definition) is 2. The van der Waals surface area contributed by atoms with Gasteiger partial charge in [-0.3, -0.25) is 9.89 Å². The zero-order valence-electron chi connectivity index (χ0n) is 19.2. The van der Waals surface area contributed by atoms with Gasteiger partial charge in [-0.2, -0.15) is 5.10 Å². The Morgan fingerprint density at radius 3 is 2.88 bits per heavy atom. The van der Waals surface area contributed by atoms with Crippen LogP contribution < -0.4 is 5.32 Å². The summed E-state index contributed by atoms with van der Waals surface area (Å²) in [7, 11) is 0. The van der Waals surface area contributed by atoms with Gasteiger partial charge in [-0.05, 0) is 90.7 Å². The molecule has 2 N–H and O–H groups in total. The number of carbonyl (C=O) groups excluding carboxylic acids is 1. The van der Waals surface area contributed by atoms with Crippen molar-refractivity contribution in [3.05, 3.63) is 76.7 Å². The lowest BCUT2D eigenvalue weighted by molar-refractivity contribution is -0.116. The van der Waals surface area contributed by atoms with Gasteiger partial charge >= 0.3 is 0 Å². The molecule has 3 aliphatic carbocycles. The molecule has 1 saturated carbocycles. The average molecular weight is 463 g/mol. The minimum Gasteiger partial charge on any atom is -0.311 e. The zero-order chi connectivity index (χ0) is 23.4. The molecule has 7 heteroatoms. The van der Waals surface area contributed by atoms with Crippen molar-refractivity contribution in [2.24, 2.45) is 11.8 Å². The van der Waals surface area contributed by atoms with Crippen LogP contribution in [0.3, 0.4) is 0 Å². The van der Waals surface area contributed by atoms with Crippen LogP contribution in [0.4, 0.5) is 14.6 Å². The van der Waals surface area contributed by atoms with Crippen LogP contribution in [0.1, 0.15) is 73.2 Å². The summed E-state index contributed by atoms with van der Waals surface area (Å²) in [6.07, 6.45) is 7.89. The first-order valence-electron chi connectivity index (χ1n) is 12.2. The monoisotopic (exact) mass is 462 g/mol. The van der Waals surface area contributed by atoms with Crippen LogP contribution in [0.25, 0.3) is 0 Å². The zero-order valence-corrected chi connectivity index (χ0v) is 19.2. The summed E-state index contributed by atoms with van der Waals surface area (Å²) in [6.45, 7) is 2.34. The van der Waals surface area contributed by atoms with Crippen LogP contribution in [-0.2, 0) is 16.6 Å². The fourth-order valence-electron chi connectivity index (χ4n) is 7.36. The van der Waals surface area contributed by atoms with E-state index in [2.05, 4.69) is 33.5 Å². The summed E-state index contributed by atoms with van der Waals surface area (Å²) in [4.78, 5) is 16.7. The quantitative estimate of drug-likeness (QED) is 0.529. The predicted octanol–water partition coefficient (Wildman–Crippen LogP) is 5.61. The highest BCUT2D eigenvalue weighted by molar-refractivity contribution is 5.89. The van der Waals surface area contributed by atoms with E-state index < -0.39 is 5.82 Å².